The highest BCUT2D eigenvalue weighted by Crippen LogP contribution is 2.37. The van der Waals surface area contributed by atoms with E-state index in [1.807, 2.05) is 24.3 Å². The van der Waals surface area contributed by atoms with Gasteiger partial charge in [0.05, 0.1) is 37.7 Å². The number of hydrogen-bond acceptors (Lipinski definition) is 7. The lowest BCUT2D eigenvalue weighted by Crippen LogP contribution is -2.48. The fourth-order valence-corrected chi connectivity index (χ4v) is 3.79. The molecule has 2 saturated heterocycles. The van der Waals surface area contributed by atoms with Crippen molar-refractivity contribution < 1.29 is 14.2 Å². The number of nitrogens with zero attached hydrogens (tertiary/aromatic N) is 4. The first-order chi connectivity index (χ1) is 12.8. The molecule has 0 aromatic carbocycles. The van der Waals surface area contributed by atoms with Gasteiger partial charge in [-0.2, -0.15) is 0 Å². The van der Waals surface area contributed by atoms with Gasteiger partial charge in [0, 0.05) is 31.8 Å². The Kier molecular flexibility index (Phi) is 4.99. The highest BCUT2D eigenvalue weighted by Gasteiger charge is 2.44. The van der Waals surface area contributed by atoms with Crippen molar-refractivity contribution in [3.8, 4) is 5.88 Å². The van der Waals surface area contributed by atoms with Gasteiger partial charge in [-0.3, -0.25) is 4.98 Å². The van der Waals surface area contributed by atoms with Gasteiger partial charge in [-0.05, 0) is 25.0 Å². The minimum absolute atomic E-state index is 0.108. The molecule has 2 fully saturated rings. The van der Waals surface area contributed by atoms with Gasteiger partial charge in [0.25, 0.3) is 0 Å². The predicted octanol–water partition coefficient (Wildman–Crippen LogP) is 2.22. The van der Waals surface area contributed by atoms with Gasteiger partial charge in [-0.25, -0.2) is 9.97 Å². The Hall–Kier alpha value is -2.25. The number of aromatic nitrogens is 3. The molecule has 7 nitrogen and oxygen atoms in total. The van der Waals surface area contributed by atoms with E-state index in [4.69, 9.17) is 14.2 Å². The Morgan fingerprint density at radius 3 is 3.12 bits per heavy atom. The number of hydrogen-bond donors (Lipinski definition) is 0. The molecule has 0 N–H and O–H groups in total. The molecule has 0 radical (unpaired) electrons. The number of rotatable bonds is 5. The Morgan fingerprint density at radius 2 is 2.27 bits per heavy atom. The number of ether oxygens (including phenoxy) is 3. The lowest BCUT2D eigenvalue weighted by atomic mass is 9.89. The molecule has 0 amide bonds. The van der Waals surface area contributed by atoms with Crippen LogP contribution in [0.2, 0.25) is 0 Å². The molecule has 7 heteroatoms. The van der Waals surface area contributed by atoms with Gasteiger partial charge in [-0.1, -0.05) is 6.07 Å². The molecule has 138 valence electrons. The summed E-state index contributed by atoms with van der Waals surface area (Å²) in [7, 11) is 1.62. The second kappa shape index (κ2) is 7.55. The summed E-state index contributed by atoms with van der Waals surface area (Å²) >= 11 is 0. The summed E-state index contributed by atoms with van der Waals surface area (Å²) in [6.07, 6.45) is 6.47. The Labute approximate surface area is 153 Å². The molecular weight excluding hydrogens is 332 g/mol. The van der Waals surface area contributed by atoms with Gasteiger partial charge in [-0.15, -0.1) is 0 Å². The van der Waals surface area contributed by atoms with Crippen LogP contribution < -0.4 is 9.64 Å². The van der Waals surface area contributed by atoms with Crippen molar-refractivity contribution in [1.29, 1.82) is 0 Å². The van der Waals surface area contributed by atoms with Crippen molar-refractivity contribution in [2.75, 3.05) is 31.7 Å². The smallest absolute Gasteiger partial charge is 0.218 e. The van der Waals surface area contributed by atoms with Crippen LogP contribution in [0.4, 0.5) is 5.82 Å². The number of anilines is 1. The molecule has 26 heavy (non-hydrogen) atoms. The van der Waals surface area contributed by atoms with E-state index in [0.29, 0.717) is 19.1 Å². The maximum Gasteiger partial charge on any atom is 0.218 e. The average molecular weight is 356 g/mol. The van der Waals surface area contributed by atoms with Crippen LogP contribution in [0.25, 0.3) is 0 Å². The zero-order valence-corrected chi connectivity index (χ0v) is 15.0. The summed E-state index contributed by atoms with van der Waals surface area (Å²) < 4.78 is 17.5. The third kappa shape index (κ3) is 3.78. The predicted molar refractivity (Wildman–Crippen MR) is 96.1 cm³/mol. The fraction of sp³-hybridized carbons (Fsp3) is 0.526. The zero-order chi connectivity index (χ0) is 17.8. The summed E-state index contributed by atoms with van der Waals surface area (Å²) in [4.78, 5) is 15.1. The van der Waals surface area contributed by atoms with E-state index in [0.717, 1.165) is 43.9 Å². The maximum absolute atomic E-state index is 6.23. The van der Waals surface area contributed by atoms with Crippen molar-refractivity contribution in [3.05, 3.63) is 42.5 Å². The molecule has 0 saturated carbocycles. The molecule has 4 rings (SSSR count). The summed E-state index contributed by atoms with van der Waals surface area (Å²) in [5.74, 6) is 1.47. The standard InChI is InChI=1S/C19H24N4O3/c1-24-18-9-17(21-14-22-18)23-8-4-6-19(13-23)10-16(12-26-19)25-11-15-5-2-3-7-20-15/h2-3,5,7,9,14,16H,4,6,8,10-13H2,1H3/t16-,19+/m1/s1. The molecule has 2 aliphatic rings. The SMILES string of the molecule is COc1cc(N2CCC[C@]3(C[C@@H](OCc4ccccn4)CO3)C2)ncn1. The average Bonchev–Trinajstić information content (AvgIpc) is 3.09. The molecule has 4 heterocycles. The normalized spacial score (nSPS) is 25.6. The highest BCUT2D eigenvalue weighted by atomic mass is 16.6. The topological polar surface area (TPSA) is 69.6 Å². The summed E-state index contributed by atoms with van der Waals surface area (Å²) in [5.41, 5.74) is 0.789. The Balaban J connectivity index is 1.37. The first kappa shape index (κ1) is 17.2. The van der Waals surface area contributed by atoms with Crippen LogP contribution in [-0.2, 0) is 16.1 Å². The molecule has 2 aromatic heterocycles. The van der Waals surface area contributed by atoms with Crippen LogP contribution >= 0.6 is 0 Å². The van der Waals surface area contributed by atoms with E-state index in [-0.39, 0.29) is 11.7 Å². The van der Waals surface area contributed by atoms with Crippen LogP contribution in [-0.4, -0.2) is 53.5 Å². The van der Waals surface area contributed by atoms with Crippen LogP contribution in [0.3, 0.4) is 0 Å². The van der Waals surface area contributed by atoms with E-state index in [2.05, 4.69) is 19.9 Å². The second-order valence-electron chi connectivity index (χ2n) is 6.90. The quantitative estimate of drug-likeness (QED) is 0.813. The van der Waals surface area contributed by atoms with Crippen LogP contribution in [0.15, 0.2) is 36.8 Å². The van der Waals surface area contributed by atoms with Crippen molar-refractivity contribution in [3.63, 3.8) is 0 Å². The minimum atomic E-state index is -0.161. The minimum Gasteiger partial charge on any atom is -0.481 e. The molecule has 0 bridgehead atoms. The second-order valence-corrected chi connectivity index (χ2v) is 6.90. The number of pyridine rings is 1. The van der Waals surface area contributed by atoms with Gasteiger partial charge < -0.3 is 19.1 Å². The number of methoxy groups -OCH3 is 1. The third-order valence-electron chi connectivity index (χ3n) is 5.07. The zero-order valence-electron chi connectivity index (χ0n) is 15.0. The van der Waals surface area contributed by atoms with Crippen molar-refractivity contribution in [1.82, 2.24) is 15.0 Å². The monoisotopic (exact) mass is 356 g/mol. The first-order valence-corrected chi connectivity index (χ1v) is 9.03. The summed E-state index contributed by atoms with van der Waals surface area (Å²) in [6.45, 7) is 2.94. The lowest BCUT2D eigenvalue weighted by molar-refractivity contribution is -0.0139. The van der Waals surface area contributed by atoms with Gasteiger partial charge in [0.15, 0.2) is 0 Å². The molecular formula is C19H24N4O3. The molecule has 2 aliphatic heterocycles. The largest absolute Gasteiger partial charge is 0.481 e. The Bertz CT molecular complexity index is 730. The molecule has 1 spiro atoms. The Morgan fingerprint density at radius 1 is 1.31 bits per heavy atom. The van der Waals surface area contributed by atoms with Gasteiger partial charge in [0.2, 0.25) is 5.88 Å². The van der Waals surface area contributed by atoms with Crippen LogP contribution in [0.5, 0.6) is 5.88 Å². The van der Waals surface area contributed by atoms with Crippen LogP contribution in [0.1, 0.15) is 25.0 Å². The summed E-state index contributed by atoms with van der Waals surface area (Å²) in [5, 5.41) is 0. The molecule has 0 aliphatic carbocycles. The molecule has 0 unspecified atom stereocenters. The van der Waals surface area contributed by atoms with Gasteiger partial charge >= 0.3 is 0 Å². The molecule has 2 atom stereocenters. The molecule has 2 aromatic rings. The maximum atomic E-state index is 6.23. The third-order valence-corrected chi connectivity index (χ3v) is 5.07. The van der Waals surface area contributed by atoms with Crippen molar-refractivity contribution >= 4 is 5.82 Å². The van der Waals surface area contributed by atoms with E-state index in [9.17, 15) is 0 Å². The highest BCUT2D eigenvalue weighted by molar-refractivity contribution is 5.42. The van der Waals surface area contributed by atoms with Crippen molar-refractivity contribution in [2.45, 2.75) is 37.6 Å². The van der Waals surface area contributed by atoms with Gasteiger partial charge in [0.1, 0.15) is 12.1 Å². The van der Waals surface area contributed by atoms with E-state index in [1.165, 1.54) is 0 Å². The van der Waals surface area contributed by atoms with Crippen LogP contribution in [0, 0.1) is 0 Å². The van der Waals surface area contributed by atoms with E-state index >= 15 is 0 Å². The van der Waals surface area contributed by atoms with E-state index in [1.54, 1.807) is 19.6 Å². The number of piperidine rings is 1. The van der Waals surface area contributed by atoms with E-state index < -0.39 is 0 Å². The first-order valence-electron chi connectivity index (χ1n) is 9.03. The lowest BCUT2D eigenvalue weighted by Gasteiger charge is -2.40. The van der Waals surface area contributed by atoms with Crippen molar-refractivity contribution in [2.24, 2.45) is 0 Å². The summed E-state index contributed by atoms with van der Waals surface area (Å²) in [6, 6.07) is 7.75. The fourth-order valence-electron chi connectivity index (χ4n) is 3.79.